The van der Waals surface area contributed by atoms with Gasteiger partial charge in [-0.2, -0.15) is 0 Å². The molecule has 1 nitrogen and oxygen atoms in total. The molecule has 0 heterocycles. The van der Waals surface area contributed by atoms with Crippen molar-refractivity contribution in [2.75, 3.05) is 18.5 Å². The molecule has 0 aromatic rings. The third-order valence-electron chi connectivity index (χ3n) is 12.3. The van der Waals surface area contributed by atoms with E-state index in [0.717, 1.165) is 18.5 Å². The summed E-state index contributed by atoms with van der Waals surface area (Å²) in [6.45, 7) is 11.6. The molecule has 0 unspecified atom stereocenters. The first-order valence-electron chi connectivity index (χ1n) is 24.1. The van der Waals surface area contributed by atoms with E-state index in [2.05, 4.69) is 34.6 Å². The normalized spacial score (nSPS) is 12.3. The lowest BCUT2D eigenvalue weighted by molar-refractivity contribution is 0.171. The van der Waals surface area contributed by atoms with Crippen LogP contribution in [0.3, 0.4) is 0 Å². The molecular formula is C48H99OP. The molecule has 0 spiro atoms. The van der Waals surface area contributed by atoms with Gasteiger partial charge in [-0.15, -0.1) is 0 Å². The van der Waals surface area contributed by atoms with E-state index < -0.39 is 7.14 Å². The van der Waals surface area contributed by atoms with Gasteiger partial charge in [-0.1, -0.05) is 240 Å². The molecular weight excluding hydrogens is 624 g/mol. The van der Waals surface area contributed by atoms with Gasteiger partial charge in [0.15, 0.2) is 0 Å². The Balaban J connectivity index is 5.02. The summed E-state index contributed by atoms with van der Waals surface area (Å²) in [5.74, 6) is 0. The van der Waals surface area contributed by atoms with Gasteiger partial charge in [0.05, 0.1) is 7.14 Å². The number of rotatable bonds is 43. The SMILES string of the molecule is CCCCCCCCC(CCCCCCCC)(CCCCCCCC)CCCCCCCP(=O)(CCCCCCCC)CCCCCCCC. The van der Waals surface area contributed by atoms with E-state index in [1.54, 1.807) is 0 Å². The van der Waals surface area contributed by atoms with Crippen LogP contribution in [0.2, 0.25) is 0 Å². The fourth-order valence-electron chi connectivity index (χ4n) is 8.72. The maximum Gasteiger partial charge on any atom is 0.0877 e. The second kappa shape index (κ2) is 38.9. The quantitative estimate of drug-likeness (QED) is 0.0452. The summed E-state index contributed by atoms with van der Waals surface area (Å²) in [6, 6.07) is 0. The van der Waals surface area contributed by atoms with Gasteiger partial charge in [0, 0.05) is 18.5 Å². The van der Waals surface area contributed by atoms with Crippen molar-refractivity contribution in [1.29, 1.82) is 0 Å². The van der Waals surface area contributed by atoms with Crippen molar-refractivity contribution < 1.29 is 4.57 Å². The largest absolute Gasteiger partial charge is 0.324 e. The van der Waals surface area contributed by atoms with Crippen LogP contribution in [0.5, 0.6) is 0 Å². The third kappa shape index (κ3) is 32.8. The summed E-state index contributed by atoms with van der Waals surface area (Å²) in [5, 5.41) is 0. The van der Waals surface area contributed by atoms with Crippen molar-refractivity contribution >= 4 is 7.14 Å². The molecule has 0 saturated heterocycles. The van der Waals surface area contributed by atoms with Gasteiger partial charge < -0.3 is 4.57 Å². The Morgan fingerprint density at radius 3 is 0.660 bits per heavy atom. The third-order valence-corrected chi connectivity index (χ3v) is 15.7. The summed E-state index contributed by atoms with van der Waals surface area (Å²) in [4.78, 5) is 0. The van der Waals surface area contributed by atoms with Crippen LogP contribution in [0.4, 0.5) is 0 Å². The molecule has 0 radical (unpaired) electrons. The zero-order chi connectivity index (χ0) is 36.7. The predicted octanol–water partition coefficient (Wildman–Crippen LogP) is 18.6. The summed E-state index contributed by atoms with van der Waals surface area (Å²) >= 11 is 0. The van der Waals surface area contributed by atoms with Crippen molar-refractivity contribution in [3.05, 3.63) is 0 Å². The molecule has 2 heteroatoms. The molecule has 0 aromatic carbocycles. The molecule has 0 atom stereocenters. The van der Waals surface area contributed by atoms with Crippen molar-refractivity contribution in [3.63, 3.8) is 0 Å². The van der Waals surface area contributed by atoms with Crippen LogP contribution >= 0.6 is 7.14 Å². The Bertz CT molecular complexity index is 625. The molecule has 0 N–H and O–H groups in total. The Morgan fingerprint density at radius 2 is 0.440 bits per heavy atom. The minimum Gasteiger partial charge on any atom is -0.324 e. The van der Waals surface area contributed by atoms with Crippen LogP contribution in [-0.4, -0.2) is 18.5 Å². The van der Waals surface area contributed by atoms with E-state index in [-0.39, 0.29) is 0 Å². The van der Waals surface area contributed by atoms with Crippen LogP contribution in [0.15, 0.2) is 0 Å². The van der Waals surface area contributed by atoms with Gasteiger partial charge in [0.1, 0.15) is 0 Å². The monoisotopic (exact) mass is 723 g/mol. The van der Waals surface area contributed by atoms with Crippen LogP contribution in [0.25, 0.3) is 0 Å². The Kier molecular flexibility index (Phi) is 39.1. The van der Waals surface area contributed by atoms with Gasteiger partial charge in [-0.3, -0.25) is 0 Å². The zero-order valence-corrected chi connectivity index (χ0v) is 36.9. The van der Waals surface area contributed by atoms with E-state index in [9.17, 15) is 4.57 Å². The minimum atomic E-state index is -1.98. The first-order chi connectivity index (χ1) is 24.5. The molecule has 0 fully saturated rings. The highest BCUT2D eigenvalue weighted by Crippen LogP contribution is 2.49. The molecule has 0 aliphatic carbocycles. The minimum absolute atomic E-state index is 0.615. The van der Waals surface area contributed by atoms with E-state index in [0.29, 0.717) is 5.41 Å². The van der Waals surface area contributed by atoms with E-state index in [1.165, 1.54) is 250 Å². The average Bonchev–Trinajstić information content (AvgIpc) is 3.12. The lowest BCUT2D eigenvalue weighted by Gasteiger charge is -2.35. The fourth-order valence-corrected chi connectivity index (χ4v) is 11.8. The molecule has 0 aliphatic rings. The Hall–Kier alpha value is 0.230. The zero-order valence-electron chi connectivity index (χ0n) is 36.1. The highest BCUT2D eigenvalue weighted by molar-refractivity contribution is 7.63. The first kappa shape index (κ1) is 50.2. The summed E-state index contributed by atoms with van der Waals surface area (Å²) in [7, 11) is -1.98. The summed E-state index contributed by atoms with van der Waals surface area (Å²) in [6.07, 6.45) is 57.6. The highest BCUT2D eigenvalue weighted by Gasteiger charge is 2.28. The van der Waals surface area contributed by atoms with E-state index in [4.69, 9.17) is 0 Å². The van der Waals surface area contributed by atoms with Gasteiger partial charge in [-0.05, 0) is 50.4 Å². The Labute approximate surface area is 319 Å². The van der Waals surface area contributed by atoms with E-state index >= 15 is 0 Å². The van der Waals surface area contributed by atoms with Gasteiger partial charge in [-0.25, -0.2) is 0 Å². The molecule has 0 aliphatic heterocycles. The average molecular weight is 723 g/mol. The second-order valence-electron chi connectivity index (χ2n) is 17.3. The van der Waals surface area contributed by atoms with E-state index in [1.807, 2.05) is 0 Å². The highest BCUT2D eigenvalue weighted by atomic mass is 31.2. The molecule has 0 amide bonds. The van der Waals surface area contributed by atoms with Crippen LogP contribution in [-0.2, 0) is 4.57 Å². The van der Waals surface area contributed by atoms with Crippen molar-refractivity contribution in [2.24, 2.45) is 5.41 Å². The van der Waals surface area contributed by atoms with Crippen molar-refractivity contribution in [1.82, 2.24) is 0 Å². The molecule has 0 bridgehead atoms. The standard InChI is InChI=1S/C48H99OP/c1-6-11-16-21-27-34-41-48(42-35-28-22-17-12-7-2,43-36-29-23-18-13-8-3)44-37-30-26-33-40-47-50(49,45-38-31-24-19-14-9-4)46-39-32-25-20-15-10-5/h6-47H2,1-5H3. The smallest absolute Gasteiger partial charge is 0.0877 e. The molecule has 0 saturated carbocycles. The lowest BCUT2D eigenvalue weighted by Crippen LogP contribution is -2.21. The first-order valence-corrected chi connectivity index (χ1v) is 26.3. The summed E-state index contributed by atoms with van der Waals surface area (Å²) in [5.41, 5.74) is 0.615. The number of hydrogen-bond donors (Lipinski definition) is 0. The lowest BCUT2D eigenvalue weighted by atomic mass is 9.70. The van der Waals surface area contributed by atoms with Crippen LogP contribution in [0, 0.1) is 5.41 Å². The maximum absolute atomic E-state index is 14.2. The predicted molar refractivity (Wildman–Crippen MR) is 233 cm³/mol. The van der Waals surface area contributed by atoms with Crippen molar-refractivity contribution in [2.45, 2.75) is 285 Å². The molecule has 0 rings (SSSR count). The van der Waals surface area contributed by atoms with Gasteiger partial charge >= 0.3 is 0 Å². The molecule has 50 heavy (non-hydrogen) atoms. The fraction of sp³-hybridized carbons (Fsp3) is 1.00. The van der Waals surface area contributed by atoms with Gasteiger partial charge in [0.2, 0.25) is 0 Å². The van der Waals surface area contributed by atoms with Crippen LogP contribution in [0.1, 0.15) is 285 Å². The maximum atomic E-state index is 14.2. The molecule has 302 valence electrons. The molecule has 0 aromatic heterocycles. The van der Waals surface area contributed by atoms with Gasteiger partial charge in [0.25, 0.3) is 0 Å². The number of unbranched alkanes of at least 4 members (excludes halogenated alkanes) is 29. The number of hydrogen-bond acceptors (Lipinski definition) is 1. The summed E-state index contributed by atoms with van der Waals surface area (Å²) < 4.78 is 14.2. The Morgan fingerprint density at radius 1 is 0.260 bits per heavy atom. The second-order valence-corrected chi connectivity index (χ2v) is 20.8. The topological polar surface area (TPSA) is 17.1 Å². The van der Waals surface area contributed by atoms with Crippen LogP contribution < -0.4 is 0 Å². The van der Waals surface area contributed by atoms with Crippen molar-refractivity contribution in [3.8, 4) is 0 Å².